The van der Waals surface area contributed by atoms with E-state index in [9.17, 15) is 14.4 Å². The summed E-state index contributed by atoms with van der Waals surface area (Å²) in [7, 11) is 1.38. The van der Waals surface area contributed by atoms with Crippen LogP contribution in [0.5, 0.6) is 0 Å². The minimum absolute atomic E-state index is 0.0130. The summed E-state index contributed by atoms with van der Waals surface area (Å²) in [5.41, 5.74) is 0. The van der Waals surface area contributed by atoms with E-state index in [0.717, 1.165) is 0 Å². The summed E-state index contributed by atoms with van der Waals surface area (Å²) in [6, 6.07) is 0. The molecule has 5 atom stereocenters. The van der Waals surface area contributed by atoms with E-state index in [-0.39, 0.29) is 12.5 Å². The summed E-state index contributed by atoms with van der Waals surface area (Å²) < 4.78 is 26.2. The molecule has 0 aromatic heterocycles. The smallest absolute Gasteiger partial charge is 0.303 e. The lowest BCUT2D eigenvalue weighted by atomic mass is 9.90. The molecular formula is C14H22O8. The third-order valence-electron chi connectivity index (χ3n) is 3.29. The van der Waals surface area contributed by atoms with E-state index < -0.39 is 42.5 Å². The van der Waals surface area contributed by atoms with Gasteiger partial charge in [0.2, 0.25) is 0 Å². The first-order chi connectivity index (χ1) is 10.3. The largest absolute Gasteiger partial charge is 0.463 e. The predicted molar refractivity (Wildman–Crippen MR) is 72.6 cm³/mol. The Bertz CT molecular complexity index is 421. The molecule has 0 aliphatic carbocycles. The van der Waals surface area contributed by atoms with Crippen molar-refractivity contribution in [3.05, 3.63) is 0 Å². The van der Waals surface area contributed by atoms with Crippen molar-refractivity contribution in [3.63, 3.8) is 0 Å². The quantitative estimate of drug-likeness (QED) is 0.531. The molecule has 0 radical (unpaired) electrons. The molecule has 0 saturated carbocycles. The summed E-state index contributed by atoms with van der Waals surface area (Å²) in [4.78, 5) is 33.5. The van der Waals surface area contributed by atoms with Gasteiger partial charge in [0, 0.05) is 33.8 Å². The first kappa shape index (κ1) is 18.4. The van der Waals surface area contributed by atoms with Crippen LogP contribution < -0.4 is 0 Å². The molecule has 0 N–H and O–H groups in total. The summed E-state index contributed by atoms with van der Waals surface area (Å²) in [5, 5.41) is 0. The van der Waals surface area contributed by atoms with Gasteiger partial charge in [-0.25, -0.2) is 0 Å². The van der Waals surface area contributed by atoms with Crippen molar-refractivity contribution in [2.45, 2.75) is 52.3 Å². The Hall–Kier alpha value is -1.67. The zero-order valence-electron chi connectivity index (χ0n) is 13.4. The molecule has 5 unspecified atom stereocenters. The number of carbonyl (C=O) groups excluding carboxylic acids is 3. The van der Waals surface area contributed by atoms with Gasteiger partial charge in [-0.1, -0.05) is 6.92 Å². The summed E-state index contributed by atoms with van der Waals surface area (Å²) in [6.07, 6.45) is -3.13. The Balaban J connectivity index is 2.95. The number of ether oxygens (including phenoxy) is 5. The third kappa shape index (κ3) is 4.96. The van der Waals surface area contributed by atoms with Crippen LogP contribution in [0.4, 0.5) is 0 Å². The van der Waals surface area contributed by atoms with Crippen LogP contribution in [0.15, 0.2) is 0 Å². The van der Waals surface area contributed by atoms with E-state index in [2.05, 4.69) is 0 Å². The summed E-state index contributed by atoms with van der Waals surface area (Å²) >= 11 is 0. The Kier molecular flexibility index (Phi) is 6.76. The lowest BCUT2D eigenvalue weighted by Gasteiger charge is -2.43. The second-order valence-electron chi connectivity index (χ2n) is 5.09. The molecule has 0 bridgehead atoms. The van der Waals surface area contributed by atoms with E-state index in [4.69, 9.17) is 23.7 Å². The molecule has 22 heavy (non-hydrogen) atoms. The Morgan fingerprint density at radius 3 is 1.95 bits per heavy atom. The first-order valence-corrected chi connectivity index (χ1v) is 6.92. The molecule has 0 aromatic carbocycles. The minimum Gasteiger partial charge on any atom is -0.463 e. The lowest BCUT2D eigenvalue weighted by molar-refractivity contribution is -0.288. The molecule has 1 heterocycles. The van der Waals surface area contributed by atoms with Crippen molar-refractivity contribution in [1.29, 1.82) is 0 Å². The van der Waals surface area contributed by atoms with Gasteiger partial charge >= 0.3 is 17.9 Å². The monoisotopic (exact) mass is 318 g/mol. The summed E-state index contributed by atoms with van der Waals surface area (Å²) in [6.45, 7) is 5.53. The number of carbonyl (C=O) groups is 3. The fraction of sp³-hybridized carbons (Fsp3) is 0.786. The number of methoxy groups -OCH3 is 1. The highest BCUT2D eigenvalue weighted by molar-refractivity contribution is 5.67. The van der Waals surface area contributed by atoms with Gasteiger partial charge in [-0.3, -0.25) is 14.4 Å². The summed E-state index contributed by atoms with van der Waals surface area (Å²) in [5.74, 6) is -1.87. The van der Waals surface area contributed by atoms with Crippen LogP contribution >= 0.6 is 0 Å². The molecule has 0 spiro atoms. The number of esters is 3. The third-order valence-corrected chi connectivity index (χ3v) is 3.29. The second kappa shape index (κ2) is 8.09. The fourth-order valence-electron chi connectivity index (χ4n) is 2.30. The minimum atomic E-state index is -0.926. The first-order valence-electron chi connectivity index (χ1n) is 6.92. The van der Waals surface area contributed by atoms with Crippen LogP contribution in [0.1, 0.15) is 27.7 Å². The predicted octanol–water partition coefficient (Wildman–Crippen LogP) is 0.420. The molecule has 8 heteroatoms. The molecule has 1 aliphatic rings. The van der Waals surface area contributed by atoms with E-state index in [1.807, 2.05) is 0 Å². The molecular weight excluding hydrogens is 296 g/mol. The average Bonchev–Trinajstić information content (AvgIpc) is 2.41. The average molecular weight is 318 g/mol. The van der Waals surface area contributed by atoms with Gasteiger partial charge in [0.1, 0.15) is 18.8 Å². The van der Waals surface area contributed by atoms with Crippen molar-refractivity contribution in [1.82, 2.24) is 0 Å². The molecule has 1 fully saturated rings. The normalized spacial score (nSPS) is 31.2. The Morgan fingerprint density at radius 2 is 1.50 bits per heavy atom. The van der Waals surface area contributed by atoms with E-state index in [0.29, 0.717) is 0 Å². The van der Waals surface area contributed by atoms with Crippen molar-refractivity contribution in [2.24, 2.45) is 5.92 Å². The molecule has 1 rings (SSSR count). The highest BCUT2D eigenvalue weighted by Crippen LogP contribution is 2.31. The zero-order valence-corrected chi connectivity index (χ0v) is 13.4. The van der Waals surface area contributed by atoms with Crippen LogP contribution in [0.3, 0.4) is 0 Å². The van der Waals surface area contributed by atoms with Gasteiger partial charge in [-0.2, -0.15) is 0 Å². The topological polar surface area (TPSA) is 97.4 Å². The zero-order chi connectivity index (χ0) is 16.9. The van der Waals surface area contributed by atoms with Crippen LogP contribution in [-0.4, -0.2) is 56.2 Å². The molecule has 0 aromatic rings. The number of hydrogen-bond acceptors (Lipinski definition) is 8. The molecule has 1 aliphatic heterocycles. The second-order valence-corrected chi connectivity index (χ2v) is 5.09. The van der Waals surface area contributed by atoms with E-state index in [1.165, 1.54) is 27.9 Å². The van der Waals surface area contributed by atoms with Crippen LogP contribution in [0.2, 0.25) is 0 Å². The highest BCUT2D eigenvalue weighted by atomic mass is 16.7. The van der Waals surface area contributed by atoms with Crippen LogP contribution in [0.25, 0.3) is 0 Å². The van der Waals surface area contributed by atoms with Crippen LogP contribution in [-0.2, 0) is 38.1 Å². The number of rotatable bonds is 5. The van der Waals surface area contributed by atoms with Gasteiger partial charge in [0.15, 0.2) is 12.4 Å². The SMILES string of the molecule is COC1OC(COC(C)=O)C(C)C(OC(C)=O)C1OC(C)=O. The molecule has 8 nitrogen and oxygen atoms in total. The van der Waals surface area contributed by atoms with Crippen LogP contribution in [0, 0.1) is 5.92 Å². The maximum absolute atomic E-state index is 11.3. The highest BCUT2D eigenvalue weighted by Gasteiger charge is 2.48. The van der Waals surface area contributed by atoms with Crippen molar-refractivity contribution >= 4 is 17.9 Å². The van der Waals surface area contributed by atoms with E-state index >= 15 is 0 Å². The Morgan fingerprint density at radius 1 is 0.955 bits per heavy atom. The number of hydrogen-bond donors (Lipinski definition) is 0. The van der Waals surface area contributed by atoms with Crippen molar-refractivity contribution < 1.29 is 38.1 Å². The maximum Gasteiger partial charge on any atom is 0.303 e. The standard InChI is InChI=1S/C14H22O8/c1-7-11(6-19-8(2)15)22-14(18-5)13(21-10(4)17)12(7)20-9(3)16/h7,11-14H,6H2,1-5H3. The molecule has 1 saturated heterocycles. The van der Waals surface area contributed by atoms with Crippen molar-refractivity contribution in [2.75, 3.05) is 13.7 Å². The van der Waals surface area contributed by atoms with Crippen molar-refractivity contribution in [3.8, 4) is 0 Å². The van der Waals surface area contributed by atoms with E-state index in [1.54, 1.807) is 6.92 Å². The van der Waals surface area contributed by atoms with Gasteiger partial charge in [0.25, 0.3) is 0 Å². The Labute approximate surface area is 129 Å². The molecule has 126 valence electrons. The molecule has 0 amide bonds. The van der Waals surface area contributed by atoms with Gasteiger partial charge < -0.3 is 23.7 Å². The van der Waals surface area contributed by atoms with Gasteiger partial charge in [-0.05, 0) is 0 Å². The maximum atomic E-state index is 11.3. The fourth-order valence-corrected chi connectivity index (χ4v) is 2.30. The van der Waals surface area contributed by atoms with Gasteiger partial charge in [0.05, 0.1) is 0 Å². The lowest BCUT2D eigenvalue weighted by Crippen LogP contribution is -2.58. The van der Waals surface area contributed by atoms with Gasteiger partial charge in [-0.15, -0.1) is 0 Å².